The molecule has 22 heavy (non-hydrogen) atoms. The van der Waals surface area contributed by atoms with Crippen molar-refractivity contribution in [3.05, 3.63) is 35.4 Å². The topological polar surface area (TPSA) is 32.3 Å². The highest BCUT2D eigenvalue weighted by atomic mass is 32.2. The van der Waals surface area contributed by atoms with Gasteiger partial charge < -0.3 is 10.2 Å². The van der Waals surface area contributed by atoms with Crippen LogP contribution in [-0.2, 0) is 11.0 Å². The van der Waals surface area contributed by atoms with Gasteiger partial charge in [-0.2, -0.15) is 13.2 Å². The van der Waals surface area contributed by atoms with Crippen molar-refractivity contribution >= 4 is 17.7 Å². The van der Waals surface area contributed by atoms with E-state index in [-0.39, 0.29) is 16.5 Å². The third-order valence-electron chi connectivity index (χ3n) is 3.60. The van der Waals surface area contributed by atoms with Crippen molar-refractivity contribution in [2.75, 3.05) is 20.1 Å². The summed E-state index contributed by atoms with van der Waals surface area (Å²) in [6.45, 7) is 3.23. The lowest BCUT2D eigenvalue weighted by Gasteiger charge is -2.24. The molecule has 1 N–H and O–H groups in total. The number of halogens is 3. The lowest BCUT2D eigenvalue weighted by molar-refractivity contribution is -0.137. The van der Waals surface area contributed by atoms with Gasteiger partial charge in [-0.25, -0.2) is 0 Å². The smallest absolute Gasteiger partial charge is 0.326 e. The summed E-state index contributed by atoms with van der Waals surface area (Å²) in [5.74, 6) is 0.0472. The van der Waals surface area contributed by atoms with Crippen molar-refractivity contribution < 1.29 is 18.0 Å². The van der Waals surface area contributed by atoms with Crippen LogP contribution in [-0.4, -0.2) is 36.2 Å². The van der Waals surface area contributed by atoms with Crippen molar-refractivity contribution in [3.8, 4) is 0 Å². The summed E-state index contributed by atoms with van der Waals surface area (Å²) in [5.41, 5.74) is 0.0699. The summed E-state index contributed by atoms with van der Waals surface area (Å²) in [6.07, 6.45) is -3.52. The first-order chi connectivity index (χ1) is 10.3. The second kappa shape index (κ2) is 6.91. The molecule has 7 heteroatoms. The van der Waals surface area contributed by atoms with E-state index in [2.05, 4.69) is 5.32 Å². The first-order valence-corrected chi connectivity index (χ1v) is 8.06. The highest BCUT2D eigenvalue weighted by Gasteiger charge is 2.38. The van der Waals surface area contributed by atoms with Gasteiger partial charge in [0.2, 0.25) is 5.91 Å². The predicted molar refractivity (Wildman–Crippen MR) is 81.5 cm³/mol. The summed E-state index contributed by atoms with van der Waals surface area (Å²) < 4.78 is 37.9. The van der Waals surface area contributed by atoms with Crippen molar-refractivity contribution in [2.24, 2.45) is 0 Å². The van der Waals surface area contributed by atoms with E-state index < -0.39 is 11.7 Å². The van der Waals surface area contributed by atoms with Crippen molar-refractivity contribution in [3.63, 3.8) is 0 Å². The fourth-order valence-corrected chi connectivity index (χ4v) is 3.73. The van der Waals surface area contributed by atoms with E-state index in [0.29, 0.717) is 6.54 Å². The van der Waals surface area contributed by atoms with Crippen LogP contribution in [0.1, 0.15) is 29.8 Å². The molecule has 1 aromatic carbocycles. The molecule has 0 spiro atoms. The van der Waals surface area contributed by atoms with Crippen LogP contribution in [0.25, 0.3) is 0 Å². The van der Waals surface area contributed by atoms with Gasteiger partial charge in [0.1, 0.15) is 5.37 Å². The number of hydrogen-bond acceptors (Lipinski definition) is 3. The second-order valence-corrected chi connectivity index (χ2v) is 6.66. The Labute approximate surface area is 132 Å². The van der Waals surface area contributed by atoms with Crippen molar-refractivity contribution in [1.29, 1.82) is 0 Å². The number of alkyl halides is 3. The van der Waals surface area contributed by atoms with Gasteiger partial charge in [-0.3, -0.25) is 4.79 Å². The predicted octanol–water partition coefficient (Wildman–Crippen LogP) is 3.28. The average Bonchev–Trinajstić information content (AvgIpc) is 2.75. The lowest BCUT2D eigenvalue weighted by atomic mass is 10.1. The minimum Gasteiger partial charge on any atom is -0.326 e. The molecule has 1 aliphatic rings. The van der Waals surface area contributed by atoms with Gasteiger partial charge in [-0.05, 0) is 44.6 Å². The number of nitrogens with zero attached hydrogens (tertiary/aromatic N) is 1. The molecule has 0 aromatic heterocycles. The standard InChI is InChI=1S/C15H19F3N2OS/c1-10-13(21)20(9-3-8-19-2)14(22-10)11-4-6-12(7-5-11)15(16,17)18/h4-7,10,14,19H,3,8-9H2,1-2H3/t10-,14+/m0/s1. The first-order valence-electron chi connectivity index (χ1n) is 7.12. The Morgan fingerprint density at radius 2 is 1.91 bits per heavy atom. The SMILES string of the molecule is CNCCCN1C(=O)[C@H](C)S[C@@H]1c1ccc(C(F)(F)F)cc1. The van der Waals surface area contributed by atoms with Gasteiger partial charge >= 0.3 is 6.18 Å². The maximum absolute atomic E-state index is 12.6. The van der Waals surface area contributed by atoms with E-state index >= 15 is 0 Å². The van der Waals surface area contributed by atoms with Crippen LogP contribution < -0.4 is 5.32 Å². The number of amides is 1. The van der Waals surface area contributed by atoms with Crippen molar-refractivity contribution in [2.45, 2.75) is 30.1 Å². The van der Waals surface area contributed by atoms with Crippen LogP contribution >= 0.6 is 11.8 Å². The molecule has 3 nitrogen and oxygen atoms in total. The minimum absolute atomic E-state index is 0.0472. The third kappa shape index (κ3) is 3.76. The second-order valence-electron chi connectivity index (χ2n) is 5.24. The Balaban J connectivity index is 2.16. The monoisotopic (exact) mass is 332 g/mol. The zero-order valence-electron chi connectivity index (χ0n) is 12.5. The number of carbonyl (C=O) groups excluding carboxylic acids is 1. The van der Waals surface area contributed by atoms with Gasteiger partial charge in [0.25, 0.3) is 0 Å². The average molecular weight is 332 g/mol. The first kappa shape index (κ1) is 17.1. The quantitative estimate of drug-likeness (QED) is 0.840. The molecule has 1 aromatic rings. The fraction of sp³-hybridized carbons (Fsp3) is 0.533. The maximum Gasteiger partial charge on any atom is 0.416 e. The number of hydrogen-bond donors (Lipinski definition) is 1. The molecule has 2 atom stereocenters. The zero-order valence-corrected chi connectivity index (χ0v) is 13.3. The van der Waals surface area contributed by atoms with Crippen LogP contribution in [0.2, 0.25) is 0 Å². The Morgan fingerprint density at radius 1 is 1.27 bits per heavy atom. The van der Waals surface area contributed by atoms with Gasteiger partial charge in [-0.15, -0.1) is 11.8 Å². The molecule has 0 aliphatic carbocycles. The molecule has 1 fully saturated rings. The molecular formula is C15H19F3N2OS. The number of benzene rings is 1. The fourth-order valence-electron chi connectivity index (χ4n) is 2.42. The Kier molecular flexibility index (Phi) is 5.39. The molecular weight excluding hydrogens is 313 g/mol. The lowest BCUT2D eigenvalue weighted by Crippen LogP contribution is -2.32. The Morgan fingerprint density at radius 3 is 2.45 bits per heavy atom. The number of nitrogens with one attached hydrogen (secondary N) is 1. The molecule has 0 unspecified atom stereocenters. The summed E-state index contributed by atoms with van der Waals surface area (Å²) >= 11 is 1.48. The van der Waals surface area contributed by atoms with Crippen LogP contribution in [0, 0.1) is 0 Å². The molecule has 0 saturated carbocycles. The van der Waals surface area contributed by atoms with Crippen LogP contribution in [0.3, 0.4) is 0 Å². The number of thioether (sulfide) groups is 1. The summed E-state index contributed by atoms with van der Waals surface area (Å²) in [4.78, 5) is 14.0. The van der Waals surface area contributed by atoms with E-state index in [4.69, 9.17) is 0 Å². The molecule has 0 radical (unpaired) electrons. The number of rotatable bonds is 5. The van der Waals surface area contributed by atoms with Gasteiger partial charge in [0.05, 0.1) is 10.8 Å². The summed E-state index contributed by atoms with van der Waals surface area (Å²) in [5, 5.41) is 2.65. The normalized spacial score (nSPS) is 22.4. The van der Waals surface area contributed by atoms with Crippen LogP contribution in [0.15, 0.2) is 24.3 Å². The molecule has 122 valence electrons. The van der Waals surface area contributed by atoms with Gasteiger partial charge in [0, 0.05) is 6.54 Å². The highest BCUT2D eigenvalue weighted by Crippen LogP contribution is 2.43. The Hall–Kier alpha value is -1.21. The largest absolute Gasteiger partial charge is 0.416 e. The molecule has 1 heterocycles. The van der Waals surface area contributed by atoms with Gasteiger partial charge in [0.15, 0.2) is 0 Å². The zero-order chi connectivity index (χ0) is 16.3. The Bertz CT molecular complexity index is 519. The van der Waals surface area contributed by atoms with E-state index in [1.807, 2.05) is 14.0 Å². The van der Waals surface area contributed by atoms with E-state index in [1.165, 1.54) is 23.9 Å². The molecule has 0 bridgehead atoms. The van der Waals surface area contributed by atoms with Gasteiger partial charge in [-0.1, -0.05) is 12.1 Å². The highest BCUT2D eigenvalue weighted by molar-refractivity contribution is 8.01. The minimum atomic E-state index is -4.34. The molecule has 2 rings (SSSR count). The van der Waals surface area contributed by atoms with Crippen molar-refractivity contribution in [1.82, 2.24) is 10.2 Å². The maximum atomic E-state index is 12.6. The van der Waals surface area contributed by atoms with E-state index in [0.717, 1.165) is 30.7 Å². The molecule has 1 saturated heterocycles. The number of carbonyl (C=O) groups is 1. The van der Waals surface area contributed by atoms with Crippen LogP contribution in [0.5, 0.6) is 0 Å². The van der Waals surface area contributed by atoms with E-state index in [1.54, 1.807) is 4.90 Å². The van der Waals surface area contributed by atoms with E-state index in [9.17, 15) is 18.0 Å². The molecule has 1 amide bonds. The summed E-state index contributed by atoms with van der Waals surface area (Å²) in [7, 11) is 1.84. The van der Waals surface area contributed by atoms with Crippen LogP contribution in [0.4, 0.5) is 13.2 Å². The molecule has 1 aliphatic heterocycles. The summed E-state index contributed by atoms with van der Waals surface area (Å²) in [6, 6.07) is 5.10. The third-order valence-corrected chi connectivity index (χ3v) is 4.99.